The predicted molar refractivity (Wildman–Crippen MR) is 124 cm³/mol. The Morgan fingerprint density at radius 1 is 1.13 bits per heavy atom. The van der Waals surface area contributed by atoms with Gasteiger partial charge in [0.1, 0.15) is 18.1 Å². The summed E-state index contributed by atoms with van der Waals surface area (Å²) in [6.07, 6.45) is 5.12. The van der Waals surface area contributed by atoms with E-state index in [2.05, 4.69) is 40.2 Å². The van der Waals surface area contributed by atoms with Crippen LogP contribution in [0.1, 0.15) is 34.7 Å². The van der Waals surface area contributed by atoms with Crippen molar-refractivity contribution in [3.63, 3.8) is 0 Å². The number of benzene rings is 2. The van der Waals surface area contributed by atoms with Gasteiger partial charge in [0.15, 0.2) is 0 Å². The van der Waals surface area contributed by atoms with Crippen molar-refractivity contribution in [3.05, 3.63) is 94.3 Å². The molecule has 2 aromatic carbocycles. The molecular weight excluding hydrogens is 408 g/mol. The molecule has 0 unspecified atom stereocenters. The minimum Gasteiger partial charge on any atom is -0.497 e. The van der Waals surface area contributed by atoms with Gasteiger partial charge in [-0.15, -0.1) is 0 Å². The monoisotopic (exact) mass is 432 g/mol. The van der Waals surface area contributed by atoms with Gasteiger partial charge < -0.3 is 14.4 Å². The molecule has 0 atom stereocenters. The fourth-order valence-corrected chi connectivity index (χ4v) is 4.50. The standard InChI is InChI=1S/C26H25ClN2O2/c1-30-21-10-11-26-24(14-21)22(23-4-2-12-28-25(23)17-31-26)5-3-13-29-15-19(16-29)18-6-8-20(27)9-7-18/h2,4-12,14,19H,3,13,15-17H2,1H3/b22-5-. The van der Waals surface area contributed by atoms with Crippen LogP contribution in [0.5, 0.6) is 11.5 Å². The van der Waals surface area contributed by atoms with Crippen LogP contribution in [0.15, 0.2) is 66.9 Å². The van der Waals surface area contributed by atoms with Crippen LogP contribution in [0.4, 0.5) is 0 Å². The van der Waals surface area contributed by atoms with Gasteiger partial charge in [-0.2, -0.15) is 0 Å². The van der Waals surface area contributed by atoms with E-state index in [0.717, 1.165) is 59.4 Å². The van der Waals surface area contributed by atoms with Crippen molar-refractivity contribution < 1.29 is 9.47 Å². The van der Waals surface area contributed by atoms with Crippen LogP contribution < -0.4 is 9.47 Å². The van der Waals surface area contributed by atoms with E-state index in [1.54, 1.807) is 7.11 Å². The van der Waals surface area contributed by atoms with Crippen molar-refractivity contribution in [3.8, 4) is 11.5 Å². The molecule has 0 bridgehead atoms. The van der Waals surface area contributed by atoms with E-state index in [9.17, 15) is 0 Å². The van der Waals surface area contributed by atoms with Gasteiger partial charge >= 0.3 is 0 Å². The second-order valence-electron chi connectivity index (χ2n) is 8.06. The number of hydrogen-bond acceptors (Lipinski definition) is 4. The summed E-state index contributed by atoms with van der Waals surface area (Å²) < 4.78 is 11.5. The Kier molecular flexibility index (Phi) is 5.66. The molecule has 0 N–H and O–H groups in total. The Hall–Kier alpha value is -2.82. The summed E-state index contributed by atoms with van der Waals surface area (Å²) in [4.78, 5) is 7.06. The molecule has 2 aliphatic heterocycles. The van der Waals surface area contributed by atoms with Gasteiger partial charge in [-0.25, -0.2) is 0 Å². The molecule has 1 fully saturated rings. The molecule has 0 radical (unpaired) electrons. The number of aromatic nitrogens is 1. The third-order valence-corrected chi connectivity index (χ3v) is 6.37. The smallest absolute Gasteiger partial charge is 0.131 e. The summed E-state index contributed by atoms with van der Waals surface area (Å²) in [6.45, 7) is 3.69. The maximum absolute atomic E-state index is 6.06. The highest BCUT2D eigenvalue weighted by atomic mass is 35.5. The zero-order valence-corrected chi connectivity index (χ0v) is 18.3. The number of nitrogens with zero attached hydrogens (tertiary/aromatic N) is 2. The minimum absolute atomic E-state index is 0.474. The number of halogens is 1. The lowest BCUT2D eigenvalue weighted by Crippen LogP contribution is -2.45. The number of rotatable bonds is 5. The quantitative estimate of drug-likeness (QED) is 0.528. The molecular formula is C26H25ClN2O2. The first-order valence-corrected chi connectivity index (χ1v) is 11.0. The average molecular weight is 433 g/mol. The van der Waals surface area contributed by atoms with Gasteiger partial charge in [-0.05, 0) is 54.0 Å². The maximum atomic E-state index is 6.06. The molecule has 2 aliphatic rings. The molecule has 3 aromatic rings. The van der Waals surface area contributed by atoms with Crippen LogP contribution in [0.25, 0.3) is 5.57 Å². The summed E-state index contributed by atoms with van der Waals surface area (Å²) in [5.74, 6) is 2.30. The van der Waals surface area contributed by atoms with Crippen LogP contribution in [-0.4, -0.2) is 36.6 Å². The van der Waals surface area contributed by atoms with Crippen LogP contribution in [0.3, 0.4) is 0 Å². The molecule has 1 aromatic heterocycles. The fraction of sp³-hybridized carbons (Fsp3) is 0.269. The van der Waals surface area contributed by atoms with Gasteiger partial charge in [0.05, 0.1) is 12.8 Å². The summed E-state index contributed by atoms with van der Waals surface area (Å²) >= 11 is 6.01. The molecule has 1 saturated heterocycles. The number of ether oxygens (including phenoxy) is 2. The number of methoxy groups -OCH3 is 1. The molecule has 0 amide bonds. The third-order valence-electron chi connectivity index (χ3n) is 6.11. The van der Waals surface area contributed by atoms with E-state index in [-0.39, 0.29) is 0 Å². The summed E-state index contributed by atoms with van der Waals surface area (Å²) in [5, 5.41) is 0.797. The Morgan fingerprint density at radius 2 is 1.97 bits per heavy atom. The van der Waals surface area contributed by atoms with Crippen molar-refractivity contribution >= 4 is 17.2 Å². The SMILES string of the molecule is COc1ccc2c(c1)/C(=C\CCN1CC(c3ccc(Cl)cc3)C1)c1cccnc1CO2. The number of likely N-dealkylation sites (tertiary alicyclic amines) is 1. The third kappa shape index (κ3) is 4.18. The highest BCUT2D eigenvalue weighted by molar-refractivity contribution is 6.30. The van der Waals surface area contributed by atoms with Crippen LogP contribution in [-0.2, 0) is 6.61 Å². The van der Waals surface area contributed by atoms with Crippen molar-refractivity contribution in [1.29, 1.82) is 0 Å². The van der Waals surface area contributed by atoms with Gasteiger partial charge in [-0.3, -0.25) is 4.98 Å². The molecule has 0 spiro atoms. The first-order valence-electron chi connectivity index (χ1n) is 10.6. The van der Waals surface area contributed by atoms with E-state index in [4.69, 9.17) is 21.1 Å². The lowest BCUT2D eigenvalue weighted by atomic mass is 9.91. The van der Waals surface area contributed by atoms with Crippen molar-refractivity contribution in [2.24, 2.45) is 0 Å². The van der Waals surface area contributed by atoms with E-state index >= 15 is 0 Å². The van der Waals surface area contributed by atoms with Crippen molar-refractivity contribution in [2.45, 2.75) is 18.9 Å². The molecule has 5 rings (SSSR count). The Balaban J connectivity index is 1.33. The number of pyridine rings is 1. The lowest BCUT2D eigenvalue weighted by Gasteiger charge is -2.39. The Bertz CT molecular complexity index is 1100. The first-order chi connectivity index (χ1) is 15.2. The zero-order chi connectivity index (χ0) is 21.2. The molecule has 158 valence electrons. The second kappa shape index (κ2) is 8.74. The van der Waals surface area contributed by atoms with Crippen molar-refractivity contribution in [2.75, 3.05) is 26.7 Å². The van der Waals surface area contributed by atoms with Crippen LogP contribution >= 0.6 is 11.6 Å². The number of hydrogen-bond donors (Lipinski definition) is 0. The minimum atomic E-state index is 0.474. The molecule has 3 heterocycles. The molecule has 4 nitrogen and oxygen atoms in total. The Morgan fingerprint density at radius 3 is 2.77 bits per heavy atom. The van der Waals surface area contributed by atoms with E-state index in [0.29, 0.717) is 12.5 Å². The lowest BCUT2D eigenvalue weighted by molar-refractivity contribution is 0.151. The zero-order valence-electron chi connectivity index (χ0n) is 17.6. The predicted octanol–water partition coefficient (Wildman–Crippen LogP) is 5.56. The van der Waals surface area contributed by atoms with Gasteiger partial charge in [0.2, 0.25) is 0 Å². The highest BCUT2D eigenvalue weighted by Crippen LogP contribution is 2.38. The average Bonchev–Trinajstić information content (AvgIpc) is 2.93. The molecule has 0 saturated carbocycles. The first kappa shape index (κ1) is 20.1. The fourth-order valence-electron chi connectivity index (χ4n) is 4.37. The highest BCUT2D eigenvalue weighted by Gasteiger charge is 2.27. The summed E-state index contributed by atoms with van der Waals surface area (Å²) in [7, 11) is 1.69. The van der Waals surface area contributed by atoms with E-state index in [1.807, 2.05) is 36.5 Å². The van der Waals surface area contributed by atoms with Crippen LogP contribution in [0.2, 0.25) is 5.02 Å². The van der Waals surface area contributed by atoms with E-state index < -0.39 is 0 Å². The molecule has 0 aliphatic carbocycles. The maximum Gasteiger partial charge on any atom is 0.131 e. The van der Waals surface area contributed by atoms with Gasteiger partial charge in [0.25, 0.3) is 0 Å². The van der Waals surface area contributed by atoms with E-state index in [1.165, 1.54) is 11.1 Å². The number of fused-ring (bicyclic) bond motifs is 2. The normalized spacial score (nSPS) is 17.3. The summed E-state index contributed by atoms with van der Waals surface area (Å²) in [6, 6.07) is 18.4. The van der Waals surface area contributed by atoms with Crippen molar-refractivity contribution in [1.82, 2.24) is 9.88 Å². The Labute approximate surface area is 188 Å². The summed E-state index contributed by atoms with van der Waals surface area (Å²) in [5.41, 5.74) is 5.71. The molecule has 5 heteroatoms. The van der Waals surface area contributed by atoms with Gasteiger partial charge in [0, 0.05) is 47.9 Å². The topological polar surface area (TPSA) is 34.6 Å². The second-order valence-corrected chi connectivity index (χ2v) is 8.50. The van der Waals surface area contributed by atoms with Crippen LogP contribution in [0, 0.1) is 0 Å². The molecule has 31 heavy (non-hydrogen) atoms. The largest absolute Gasteiger partial charge is 0.497 e. The van der Waals surface area contributed by atoms with Gasteiger partial charge in [-0.1, -0.05) is 35.9 Å².